The van der Waals surface area contributed by atoms with Crippen molar-refractivity contribution < 1.29 is 19.5 Å². The summed E-state index contributed by atoms with van der Waals surface area (Å²) in [6.45, 7) is -0.109. The number of rotatable bonds is 3. The Morgan fingerprint density at radius 3 is 2.61 bits per heavy atom. The minimum atomic E-state index is -0.768. The first-order valence-corrected chi connectivity index (χ1v) is 9.68. The number of hydrogen-bond donors (Lipinski definition) is 2. The number of hydrogen-bond acceptors (Lipinski definition) is 4. The number of carbonyl (C=O) groups is 3. The predicted molar refractivity (Wildman–Crippen MR) is 107 cm³/mol. The molecule has 4 rings (SSSR count). The largest absolute Gasteiger partial charge is 0.391 e. The van der Waals surface area contributed by atoms with Gasteiger partial charge in [-0.05, 0) is 36.4 Å². The van der Waals surface area contributed by atoms with Gasteiger partial charge in [0.15, 0.2) is 0 Å². The van der Waals surface area contributed by atoms with Gasteiger partial charge in [-0.25, -0.2) is 0 Å². The highest BCUT2D eigenvalue weighted by Crippen LogP contribution is 2.32. The number of halogens is 1. The monoisotopic (exact) mass is 443 g/mol. The van der Waals surface area contributed by atoms with E-state index in [0.717, 1.165) is 4.47 Å². The highest BCUT2D eigenvalue weighted by molar-refractivity contribution is 9.10. The summed E-state index contributed by atoms with van der Waals surface area (Å²) in [6, 6.07) is 13.1. The van der Waals surface area contributed by atoms with Crippen LogP contribution in [0.5, 0.6) is 0 Å². The average molecular weight is 444 g/mol. The maximum atomic E-state index is 13.1. The smallest absolute Gasteiger partial charge is 0.256 e. The van der Waals surface area contributed by atoms with E-state index in [4.69, 9.17) is 0 Å². The molecule has 1 fully saturated rings. The molecule has 7 nitrogen and oxygen atoms in total. The van der Waals surface area contributed by atoms with Crippen LogP contribution in [0.3, 0.4) is 0 Å². The number of anilines is 2. The van der Waals surface area contributed by atoms with E-state index >= 15 is 0 Å². The number of nitrogens with one attached hydrogen (secondary N) is 1. The lowest BCUT2D eigenvalue weighted by Crippen LogP contribution is -2.47. The van der Waals surface area contributed by atoms with Crippen LogP contribution in [0.25, 0.3) is 0 Å². The topological polar surface area (TPSA) is 90.0 Å². The number of benzene rings is 2. The highest BCUT2D eigenvalue weighted by atomic mass is 79.9. The van der Waals surface area contributed by atoms with Gasteiger partial charge in [-0.2, -0.15) is 0 Å². The average Bonchev–Trinajstić information content (AvgIpc) is 3.05. The molecule has 2 heterocycles. The molecule has 0 spiro atoms. The number of fused-ring (bicyclic) bond motifs is 2. The molecule has 0 saturated carbocycles. The number of carbonyl (C=O) groups excluding carboxylic acids is 3. The minimum absolute atomic E-state index is 0.114. The summed E-state index contributed by atoms with van der Waals surface area (Å²) in [5.41, 5.74) is 1.37. The molecule has 0 unspecified atom stereocenters. The molecular weight excluding hydrogens is 426 g/mol. The molecule has 0 bridgehead atoms. The van der Waals surface area contributed by atoms with Crippen LogP contribution in [-0.4, -0.2) is 53.0 Å². The Balaban J connectivity index is 1.63. The van der Waals surface area contributed by atoms with Crippen molar-refractivity contribution in [2.75, 3.05) is 23.3 Å². The molecular formula is C20H18BrN3O4. The zero-order chi connectivity index (χ0) is 19.8. The van der Waals surface area contributed by atoms with Crippen molar-refractivity contribution in [2.45, 2.75) is 18.6 Å². The van der Waals surface area contributed by atoms with E-state index in [1.165, 1.54) is 9.80 Å². The molecule has 2 aliphatic rings. The molecule has 144 valence electrons. The zero-order valence-electron chi connectivity index (χ0n) is 14.8. The molecule has 8 heteroatoms. The second kappa shape index (κ2) is 7.37. The van der Waals surface area contributed by atoms with Gasteiger partial charge in [0.2, 0.25) is 11.8 Å². The molecule has 2 N–H and O–H groups in total. The fraction of sp³-hybridized carbons (Fsp3) is 0.250. The van der Waals surface area contributed by atoms with E-state index in [1.54, 1.807) is 48.5 Å². The second-order valence-electron chi connectivity index (χ2n) is 6.86. The van der Waals surface area contributed by atoms with E-state index in [1.807, 2.05) is 0 Å². The summed E-state index contributed by atoms with van der Waals surface area (Å²) in [5.74, 6) is -1.04. The predicted octanol–water partition coefficient (Wildman–Crippen LogP) is 2.01. The van der Waals surface area contributed by atoms with Crippen LogP contribution in [0, 0.1) is 0 Å². The van der Waals surface area contributed by atoms with Crippen LogP contribution in [0.2, 0.25) is 0 Å². The van der Waals surface area contributed by atoms with E-state index in [-0.39, 0.29) is 37.2 Å². The first-order valence-electron chi connectivity index (χ1n) is 8.89. The zero-order valence-corrected chi connectivity index (χ0v) is 16.4. The number of para-hydroxylation sites is 1. The molecule has 0 aliphatic carbocycles. The van der Waals surface area contributed by atoms with Gasteiger partial charge in [-0.3, -0.25) is 14.4 Å². The molecule has 28 heavy (non-hydrogen) atoms. The van der Waals surface area contributed by atoms with Crippen LogP contribution in [0.4, 0.5) is 11.4 Å². The van der Waals surface area contributed by atoms with E-state index in [0.29, 0.717) is 16.9 Å². The number of aliphatic hydroxyl groups is 1. The molecule has 2 aliphatic heterocycles. The van der Waals surface area contributed by atoms with Gasteiger partial charge in [0.25, 0.3) is 5.91 Å². The summed E-state index contributed by atoms with van der Waals surface area (Å²) in [6.07, 6.45) is -0.578. The van der Waals surface area contributed by atoms with Crippen molar-refractivity contribution in [2.24, 2.45) is 0 Å². The maximum absolute atomic E-state index is 13.1. The normalized spacial score (nSPS) is 21.2. The third-order valence-electron chi connectivity index (χ3n) is 4.95. The molecule has 0 radical (unpaired) electrons. The van der Waals surface area contributed by atoms with Crippen LogP contribution >= 0.6 is 15.9 Å². The van der Waals surface area contributed by atoms with Crippen molar-refractivity contribution in [3.05, 3.63) is 58.6 Å². The van der Waals surface area contributed by atoms with Crippen molar-refractivity contribution in [1.29, 1.82) is 0 Å². The second-order valence-corrected chi connectivity index (χ2v) is 7.78. The van der Waals surface area contributed by atoms with E-state index < -0.39 is 12.1 Å². The first-order chi connectivity index (χ1) is 13.4. The molecule has 0 aromatic heterocycles. The van der Waals surface area contributed by atoms with Gasteiger partial charge in [0, 0.05) is 23.1 Å². The Labute approximate surface area is 170 Å². The number of amides is 3. The van der Waals surface area contributed by atoms with Gasteiger partial charge in [-0.15, -0.1) is 0 Å². The molecule has 2 atom stereocenters. The fourth-order valence-corrected chi connectivity index (χ4v) is 3.92. The SMILES string of the molecule is O=C(CN1C(=O)[C@@H]2C[C@H](O)CN2C(=O)c2ccccc21)Nc1ccc(Br)cc1. The van der Waals surface area contributed by atoms with Crippen LogP contribution in [-0.2, 0) is 9.59 Å². The van der Waals surface area contributed by atoms with Crippen molar-refractivity contribution in [3.63, 3.8) is 0 Å². The van der Waals surface area contributed by atoms with Crippen LogP contribution in [0.1, 0.15) is 16.8 Å². The van der Waals surface area contributed by atoms with Crippen LogP contribution in [0.15, 0.2) is 53.0 Å². The third-order valence-corrected chi connectivity index (χ3v) is 5.47. The van der Waals surface area contributed by atoms with E-state index in [9.17, 15) is 19.5 Å². The summed E-state index contributed by atoms with van der Waals surface area (Å²) in [7, 11) is 0. The highest BCUT2D eigenvalue weighted by Gasteiger charge is 2.45. The van der Waals surface area contributed by atoms with Gasteiger partial charge >= 0.3 is 0 Å². The van der Waals surface area contributed by atoms with Crippen molar-refractivity contribution in [1.82, 2.24) is 4.90 Å². The van der Waals surface area contributed by atoms with Crippen LogP contribution < -0.4 is 10.2 Å². The van der Waals surface area contributed by atoms with E-state index in [2.05, 4.69) is 21.2 Å². The molecule has 2 aromatic carbocycles. The minimum Gasteiger partial charge on any atom is -0.391 e. The Hall–Kier alpha value is -2.71. The maximum Gasteiger partial charge on any atom is 0.256 e. The van der Waals surface area contributed by atoms with Gasteiger partial charge in [-0.1, -0.05) is 28.1 Å². The molecule has 1 saturated heterocycles. The van der Waals surface area contributed by atoms with Gasteiger partial charge in [0.1, 0.15) is 12.6 Å². The summed E-state index contributed by atoms with van der Waals surface area (Å²) in [4.78, 5) is 41.4. The van der Waals surface area contributed by atoms with Crippen molar-refractivity contribution in [3.8, 4) is 0 Å². The van der Waals surface area contributed by atoms with Gasteiger partial charge < -0.3 is 20.2 Å². The Kier molecular flexibility index (Phi) is 4.91. The molecule has 2 aromatic rings. The third kappa shape index (κ3) is 3.41. The first kappa shape index (κ1) is 18.6. The Morgan fingerprint density at radius 1 is 1.14 bits per heavy atom. The lowest BCUT2D eigenvalue weighted by atomic mass is 10.1. The van der Waals surface area contributed by atoms with Crippen molar-refractivity contribution >= 4 is 45.0 Å². The lowest BCUT2D eigenvalue weighted by Gasteiger charge is -2.25. The summed E-state index contributed by atoms with van der Waals surface area (Å²) in [5, 5.41) is 12.7. The summed E-state index contributed by atoms with van der Waals surface area (Å²) < 4.78 is 0.889. The number of aliphatic hydroxyl groups excluding tert-OH is 1. The standard InChI is InChI=1S/C20H18BrN3O4/c21-12-5-7-13(8-6-12)22-18(26)11-24-16-4-2-1-3-15(16)19(27)23-10-14(25)9-17(23)20(24)28/h1-8,14,17,25H,9-11H2,(H,22,26)/t14-,17-/m0/s1. The van der Waals surface area contributed by atoms with Gasteiger partial charge in [0.05, 0.1) is 17.4 Å². The Morgan fingerprint density at radius 2 is 1.86 bits per heavy atom. The Bertz CT molecular complexity index is 947. The summed E-state index contributed by atoms with van der Waals surface area (Å²) >= 11 is 3.34. The molecule has 3 amide bonds. The fourth-order valence-electron chi connectivity index (χ4n) is 3.66. The number of nitrogens with zero attached hydrogens (tertiary/aromatic N) is 2. The lowest BCUT2D eigenvalue weighted by molar-refractivity contribution is -0.124. The quantitative estimate of drug-likeness (QED) is 0.758.